The fraction of sp³-hybridized carbons (Fsp3) is 0.280. The molecule has 0 radical (unpaired) electrons. The van der Waals surface area contributed by atoms with E-state index in [4.69, 9.17) is 9.47 Å². The number of hydrazine groups is 1. The van der Waals surface area contributed by atoms with E-state index in [1.54, 1.807) is 55.7 Å². The Morgan fingerprint density at radius 2 is 1.79 bits per heavy atom. The SMILES string of the molecule is CCCCCn1nc(C(=O)NNC(=O)/C=C/c2ccc(OC)cc2OC)c2ccccc2c1=O. The second-order valence-corrected chi connectivity index (χ2v) is 7.51. The van der Waals surface area contributed by atoms with Crippen molar-refractivity contribution in [3.8, 4) is 11.5 Å². The lowest BCUT2D eigenvalue weighted by atomic mass is 10.1. The van der Waals surface area contributed by atoms with Crippen LogP contribution < -0.4 is 25.9 Å². The zero-order valence-corrected chi connectivity index (χ0v) is 19.5. The highest BCUT2D eigenvalue weighted by molar-refractivity contribution is 6.05. The minimum Gasteiger partial charge on any atom is -0.497 e. The van der Waals surface area contributed by atoms with Crippen LogP contribution in [0.25, 0.3) is 16.8 Å². The van der Waals surface area contributed by atoms with Gasteiger partial charge in [-0.15, -0.1) is 0 Å². The molecule has 0 bridgehead atoms. The van der Waals surface area contributed by atoms with Crippen LogP contribution in [0.2, 0.25) is 0 Å². The number of rotatable bonds is 9. The number of nitrogens with one attached hydrogen (secondary N) is 2. The van der Waals surface area contributed by atoms with Gasteiger partial charge >= 0.3 is 0 Å². The molecule has 0 aliphatic heterocycles. The topological polar surface area (TPSA) is 112 Å². The Balaban J connectivity index is 1.75. The van der Waals surface area contributed by atoms with Gasteiger partial charge in [-0.3, -0.25) is 25.2 Å². The lowest BCUT2D eigenvalue weighted by Gasteiger charge is -2.11. The second kappa shape index (κ2) is 11.6. The van der Waals surface area contributed by atoms with Crippen molar-refractivity contribution in [1.29, 1.82) is 0 Å². The summed E-state index contributed by atoms with van der Waals surface area (Å²) in [6.45, 7) is 2.48. The number of carbonyl (C=O) groups excluding carboxylic acids is 2. The molecule has 3 rings (SSSR count). The molecule has 2 aromatic carbocycles. The minimum absolute atomic E-state index is 0.0628. The van der Waals surface area contributed by atoms with Crippen molar-refractivity contribution >= 4 is 28.7 Å². The monoisotopic (exact) mass is 464 g/mol. The summed E-state index contributed by atoms with van der Waals surface area (Å²) in [4.78, 5) is 37.9. The molecule has 0 fully saturated rings. The van der Waals surface area contributed by atoms with Gasteiger partial charge in [-0.05, 0) is 30.7 Å². The number of aromatic nitrogens is 2. The average Bonchev–Trinajstić information content (AvgIpc) is 2.87. The quantitative estimate of drug-likeness (QED) is 0.286. The van der Waals surface area contributed by atoms with Crippen molar-refractivity contribution in [3.63, 3.8) is 0 Å². The number of benzene rings is 2. The predicted octanol–water partition coefficient (Wildman–Crippen LogP) is 3.08. The van der Waals surface area contributed by atoms with E-state index in [1.807, 2.05) is 0 Å². The number of unbranched alkanes of at least 4 members (excludes halogenated alkanes) is 2. The fourth-order valence-corrected chi connectivity index (χ4v) is 3.41. The van der Waals surface area contributed by atoms with Gasteiger partial charge in [0.15, 0.2) is 5.69 Å². The molecule has 34 heavy (non-hydrogen) atoms. The molecule has 1 heterocycles. The van der Waals surface area contributed by atoms with Crippen LogP contribution in [0.15, 0.2) is 53.3 Å². The molecule has 0 aliphatic carbocycles. The average molecular weight is 465 g/mol. The van der Waals surface area contributed by atoms with Crippen LogP contribution in [0.3, 0.4) is 0 Å². The lowest BCUT2D eigenvalue weighted by Crippen LogP contribution is -2.42. The zero-order chi connectivity index (χ0) is 24.5. The minimum atomic E-state index is -0.621. The van der Waals surface area contributed by atoms with Gasteiger partial charge < -0.3 is 9.47 Å². The molecule has 0 aliphatic rings. The van der Waals surface area contributed by atoms with Crippen molar-refractivity contribution in [3.05, 3.63) is 70.2 Å². The Labute approximate surface area is 197 Å². The zero-order valence-electron chi connectivity index (χ0n) is 19.5. The third-order valence-electron chi connectivity index (χ3n) is 5.21. The molecule has 0 unspecified atom stereocenters. The van der Waals surface area contributed by atoms with E-state index in [-0.39, 0.29) is 11.3 Å². The first-order valence-electron chi connectivity index (χ1n) is 11.0. The summed E-state index contributed by atoms with van der Waals surface area (Å²) in [5, 5.41) is 5.10. The molecule has 0 spiro atoms. The smallest absolute Gasteiger partial charge is 0.290 e. The van der Waals surface area contributed by atoms with E-state index < -0.39 is 11.8 Å². The molecule has 3 aromatic rings. The highest BCUT2D eigenvalue weighted by atomic mass is 16.5. The van der Waals surface area contributed by atoms with Crippen LogP contribution >= 0.6 is 0 Å². The van der Waals surface area contributed by atoms with E-state index in [0.29, 0.717) is 34.4 Å². The van der Waals surface area contributed by atoms with E-state index in [1.165, 1.54) is 17.9 Å². The van der Waals surface area contributed by atoms with E-state index >= 15 is 0 Å². The molecule has 9 heteroatoms. The van der Waals surface area contributed by atoms with Gasteiger partial charge in [0.2, 0.25) is 0 Å². The number of amides is 2. The van der Waals surface area contributed by atoms with Crippen molar-refractivity contribution in [2.75, 3.05) is 14.2 Å². The Morgan fingerprint density at radius 1 is 1.03 bits per heavy atom. The normalized spacial score (nSPS) is 10.9. The van der Waals surface area contributed by atoms with E-state index in [2.05, 4.69) is 22.9 Å². The summed E-state index contributed by atoms with van der Waals surface area (Å²) in [6.07, 6.45) is 5.55. The molecule has 0 saturated heterocycles. The van der Waals surface area contributed by atoms with Gasteiger partial charge in [-0.25, -0.2) is 4.68 Å². The number of ether oxygens (including phenoxy) is 2. The maximum absolute atomic E-state index is 12.8. The number of fused-ring (bicyclic) bond motifs is 1. The maximum Gasteiger partial charge on any atom is 0.290 e. The van der Waals surface area contributed by atoms with Crippen molar-refractivity contribution in [2.24, 2.45) is 0 Å². The van der Waals surface area contributed by atoms with Crippen LogP contribution in [-0.2, 0) is 11.3 Å². The highest BCUT2D eigenvalue weighted by Gasteiger charge is 2.17. The van der Waals surface area contributed by atoms with Gasteiger partial charge in [-0.2, -0.15) is 5.10 Å². The maximum atomic E-state index is 12.8. The molecular formula is C25H28N4O5. The first kappa shape index (κ1) is 24.5. The number of nitrogens with zero attached hydrogens (tertiary/aromatic N) is 2. The summed E-state index contributed by atoms with van der Waals surface area (Å²) < 4.78 is 11.8. The van der Waals surface area contributed by atoms with Crippen molar-refractivity contribution in [1.82, 2.24) is 20.6 Å². The van der Waals surface area contributed by atoms with Gasteiger partial charge in [0.05, 0.1) is 19.6 Å². The molecule has 0 saturated carbocycles. The summed E-state index contributed by atoms with van der Waals surface area (Å²) >= 11 is 0. The Morgan fingerprint density at radius 3 is 2.50 bits per heavy atom. The van der Waals surface area contributed by atoms with Crippen LogP contribution in [0.4, 0.5) is 0 Å². The molecule has 2 N–H and O–H groups in total. The first-order valence-corrected chi connectivity index (χ1v) is 11.0. The van der Waals surface area contributed by atoms with Gasteiger partial charge in [0.1, 0.15) is 11.5 Å². The summed E-state index contributed by atoms with van der Waals surface area (Å²) in [7, 11) is 3.07. The number of hydrogen-bond donors (Lipinski definition) is 2. The van der Waals surface area contributed by atoms with Crippen molar-refractivity contribution in [2.45, 2.75) is 32.7 Å². The van der Waals surface area contributed by atoms with Gasteiger partial charge in [0.25, 0.3) is 17.4 Å². The molecule has 1 aromatic heterocycles. The van der Waals surface area contributed by atoms with E-state index in [9.17, 15) is 14.4 Å². The summed E-state index contributed by atoms with van der Waals surface area (Å²) in [5.41, 5.74) is 5.19. The molecule has 9 nitrogen and oxygen atoms in total. The predicted molar refractivity (Wildman–Crippen MR) is 130 cm³/mol. The lowest BCUT2D eigenvalue weighted by molar-refractivity contribution is -0.117. The third kappa shape index (κ3) is 5.80. The Bertz CT molecular complexity index is 1270. The fourth-order valence-electron chi connectivity index (χ4n) is 3.41. The Hall–Kier alpha value is -4.14. The van der Waals surface area contributed by atoms with Gasteiger partial charge in [0, 0.05) is 29.6 Å². The Kier molecular flexibility index (Phi) is 8.39. The number of hydrogen-bond acceptors (Lipinski definition) is 6. The molecule has 178 valence electrons. The van der Waals surface area contributed by atoms with Crippen LogP contribution in [0.5, 0.6) is 11.5 Å². The number of carbonyl (C=O) groups is 2. The standard InChI is InChI=1S/C25H28N4O5/c1-4-5-8-15-29-25(32)20-10-7-6-9-19(20)23(28-29)24(31)27-26-22(30)14-12-17-11-13-18(33-2)16-21(17)34-3/h6-7,9-14,16H,4-5,8,15H2,1-3H3,(H,26,30)(H,27,31)/b14-12+. The largest absolute Gasteiger partial charge is 0.497 e. The third-order valence-corrected chi connectivity index (χ3v) is 5.21. The second-order valence-electron chi connectivity index (χ2n) is 7.51. The summed E-state index contributed by atoms with van der Waals surface area (Å²) in [5.74, 6) is -0.00841. The van der Waals surface area contributed by atoms with Crippen LogP contribution in [-0.4, -0.2) is 35.8 Å². The molecular weight excluding hydrogens is 436 g/mol. The van der Waals surface area contributed by atoms with Crippen LogP contribution in [0, 0.1) is 0 Å². The van der Waals surface area contributed by atoms with Crippen LogP contribution in [0.1, 0.15) is 42.2 Å². The number of aryl methyl sites for hydroxylation is 1. The van der Waals surface area contributed by atoms with Crippen molar-refractivity contribution < 1.29 is 19.1 Å². The summed E-state index contributed by atoms with van der Waals surface area (Å²) in [6, 6.07) is 12.0. The highest BCUT2D eigenvalue weighted by Crippen LogP contribution is 2.25. The first-order chi connectivity index (χ1) is 16.5. The number of methoxy groups -OCH3 is 2. The van der Waals surface area contributed by atoms with E-state index in [0.717, 1.165) is 19.3 Å². The molecule has 2 amide bonds. The molecule has 0 atom stereocenters. The van der Waals surface area contributed by atoms with Gasteiger partial charge in [-0.1, -0.05) is 38.0 Å².